The molecule has 0 atom stereocenters. The van der Waals surface area contributed by atoms with Crippen molar-refractivity contribution in [2.75, 3.05) is 0 Å². The van der Waals surface area contributed by atoms with Crippen molar-refractivity contribution in [2.45, 2.75) is 26.3 Å². The van der Waals surface area contributed by atoms with Gasteiger partial charge in [0.2, 0.25) is 5.88 Å². The molecule has 0 saturated carbocycles. The van der Waals surface area contributed by atoms with Crippen LogP contribution in [0.4, 0.5) is 0 Å². The molecule has 0 amide bonds. The molecular weight excluding hydrogens is 258 g/mol. The molecule has 0 saturated heterocycles. The quantitative estimate of drug-likeness (QED) is 0.790. The molecule has 0 radical (unpaired) electrons. The Morgan fingerprint density at radius 1 is 1.26 bits per heavy atom. The Morgan fingerprint density at radius 2 is 2.05 bits per heavy atom. The second-order valence-electron chi connectivity index (χ2n) is 4.65. The van der Waals surface area contributed by atoms with E-state index < -0.39 is 0 Å². The summed E-state index contributed by atoms with van der Waals surface area (Å²) in [5.74, 6) is 0.108. The van der Waals surface area contributed by atoms with Crippen molar-refractivity contribution in [3.05, 3.63) is 40.7 Å². The molecule has 1 aromatic carbocycles. The van der Waals surface area contributed by atoms with Gasteiger partial charge in [0.15, 0.2) is 0 Å². The number of nitrogens with zero attached hydrogens (tertiary/aromatic N) is 1. The zero-order chi connectivity index (χ0) is 13.4. The zero-order valence-corrected chi connectivity index (χ0v) is 11.5. The molecule has 0 aliphatic heterocycles. The standard InChI is InChI=1S/C15H15NO2S/c1-2-3-8-16-13(17)9-11-10-6-4-5-7-12(10)19-14(11)15(16)18/h4-7,9,18H,2-3,8H2,1H3. The molecule has 0 unspecified atom stereocenters. The SMILES string of the molecule is CCCCn1c(O)c2sc3ccccc3c2cc1=O. The number of pyridine rings is 1. The van der Waals surface area contributed by atoms with Gasteiger partial charge in [-0.3, -0.25) is 9.36 Å². The van der Waals surface area contributed by atoms with Crippen LogP contribution >= 0.6 is 11.3 Å². The second kappa shape index (κ2) is 4.70. The minimum absolute atomic E-state index is 0.108. The molecular formula is C15H15NO2S. The van der Waals surface area contributed by atoms with Crippen LogP contribution in [-0.2, 0) is 6.54 Å². The molecule has 0 aliphatic carbocycles. The summed E-state index contributed by atoms with van der Waals surface area (Å²) in [7, 11) is 0. The van der Waals surface area contributed by atoms with Crippen molar-refractivity contribution in [1.82, 2.24) is 4.57 Å². The van der Waals surface area contributed by atoms with E-state index in [0.717, 1.165) is 33.0 Å². The molecule has 19 heavy (non-hydrogen) atoms. The van der Waals surface area contributed by atoms with Crippen LogP contribution in [0.2, 0.25) is 0 Å². The number of rotatable bonds is 3. The molecule has 2 aromatic heterocycles. The van der Waals surface area contributed by atoms with Crippen molar-refractivity contribution >= 4 is 31.5 Å². The van der Waals surface area contributed by atoms with Crippen molar-refractivity contribution in [2.24, 2.45) is 0 Å². The summed E-state index contributed by atoms with van der Waals surface area (Å²) < 4.78 is 3.37. The molecule has 4 heteroatoms. The van der Waals surface area contributed by atoms with Gasteiger partial charge in [0.1, 0.15) is 0 Å². The molecule has 2 heterocycles. The predicted octanol–water partition coefficient (Wildman–Crippen LogP) is 3.72. The first-order valence-electron chi connectivity index (χ1n) is 6.46. The van der Waals surface area contributed by atoms with E-state index in [-0.39, 0.29) is 11.4 Å². The summed E-state index contributed by atoms with van der Waals surface area (Å²) >= 11 is 1.53. The number of fused-ring (bicyclic) bond motifs is 3. The van der Waals surface area contributed by atoms with Crippen molar-refractivity contribution in [3.63, 3.8) is 0 Å². The summed E-state index contributed by atoms with van der Waals surface area (Å²) in [5, 5.41) is 12.2. The van der Waals surface area contributed by atoms with Gasteiger partial charge in [-0.25, -0.2) is 0 Å². The Labute approximate surface area is 114 Å². The monoisotopic (exact) mass is 273 g/mol. The largest absolute Gasteiger partial charge is 0.493 e. The highest BCUT2D eigenvalue weighted by Crippen LogP contribution is 2.37. The molecule has 0 fully saturated rings. The van der Waals surface area contributed by atoms with Crippen molar-refractivity contribution < 1.29 is 5.11 Å². The van der Waals surface area contributed by atoms with E-state index >= 15 is 0 Å². The van der Waals surface area contributed by atoms with Gasteiger partial charge in [0.05, 0.1) is 4.70 Å². The summed E-state index contributed by atoms with van der Waals surface area (Å²) in [4.78, 5) is 12.1. The van der Waals surface area contributed by atoms with Gasteiger partial charge in [-0.1, -0.05) is 31.5 Å². The van der Waals surface area contributed by atoms with E-state index in [1.807, 2.05) is 24.3 Å². The van der Waals surface area contributed by atoms with E-state index in [1.165, 1.54) is 15.9 Å². The molecule has 3 rings (SSSR count). The van der Waals surface area contributed by atoms with Crippen molar-refractivity contribution in [3.8, 4) is 5.88 Å². The van der Waals surface area contributed by atoms with Gasteiger partial charge in [-0.2, -0.15) is 0 Å². The molecule has 3 aromatic rings. The first-order chi connectivity index (χ1) is 9.22. The lowest BCUT2D eigenvalue weighted by atomic mass is 10.2. The number of hydrogen-bond donors (Lipinski definition) is 1. The van der Waals surface area contributed by atoms with Crippen LogP contribution in [0, 0.1) is 0 Å². The van der Waals surface area contributed by atoms with Crippen LogP contribution in [0.3, 0.4) is 0 Å². The van der Waals surface area contributed by atoms with Crippen LogP contribution < -0.4 is 5.56 Å². The van der Waals surface area contributed by atoms with Gasteiger partial charge in [-0.05, 0) is 12.5 Å². The minimum Gasteiger partial charge on any atom is -0.493 e. The summed E-state index contributed by atoms with van der Waals surface area (Å²) in [6.45, 7) is 2.64. The number of benzene rings is 1. The van der Waals surface area contributed by atoms with Crippen LogP contribution in [0.15, 0.2) is 35.1 Å². The Morgan fingerprint density at radius 3 is 2.84 bits per heavy atom. The number of hydrogen-bond acceptors (Lipinski definition) is 3. The lowest BCUT2D eigenvalue weighted by molar-refractivity contribution is 0.409. The van der Waals surface area contributed by atoms with E-state index in [2.05, 4.69) is 6.92 Å². The maximum atomic E-state index is 12.1. The number of unbranched alkanes of at least 4 members (excludes halogenated alkanes) is 1. The molecule has 0 aliphatic rings. The molecule has 0 bridgehead atoms. The van der Waals surface area contributed by atoms with Gasteiger partial charge < -0.3 is 5.11 Å². The lowest BCUT2D eigenvalue weighted by Crippen LogP contribution is -2.18. The summed E-state index contributed by atoms with van der Waals surface area (Å²) in [5.41, 5.74) is -0.123. The third-order valence-corrected chi connectivity index (χ3v) is 4.54. The molecule has 1 N–H and O–H groups in total. The fraction of sp³-hybridized carbons (Fsp3) is 0.267. The topological polar surface area (TPSA) is 42.2 Å². The molecule has 98 valence electrons. The third kappa shape index (κ3) is 1.92. The van der Waals surface area contributed by atoms with Crippen LogP contribution in [-0.4, -0.2) is 9.67 Å². The number of thiophene rings is 1. The maximum Gasteiger partial charge on any atom is 0.253 e. The van der Waals surface area contributed by atoms with Gasteiger partial charge >= 0.3 is 0 Å². The summed E-state index contributed by atoms with van der Waals surface area (Å²) in [6, 6.07) is 9.57. The van der Waals surface area contributed by atoms with Crippen LogP contribution in [0.25, 0.3) is 20.2 Å². The van der Waals surface area contributed by atoms with Crippen molar-refractivity contribution in [1.29, 1.82) is 0 Å². The van der Waals surface area contributed by atoms with Gasteiger partial charge in [-0.15, -0.1) is 11.3 Å². The van der Waals surface area contributed by atoms with Crippen LogP contribution in [0.5, 0.6) is 5.88 Å². The average Bonchev–Trinajstić information content (AvgIpc) is 2.78. The van der Waals surface area contributed by atoms with E-state index in [1.54, 1.807) is 6.07 Å². The Balaban J connectivity index is 2.32. The molecule has 0 spiro atoms. The number of aromatic hydroxyl groups is 1. The smallest absolute Gasteiger partial charge is 0.253 e. The second-order valence-corrected chi connectivity index (χ2v) is 5.70. The van der Waals surface area contributed by atoms with E-state index in [4.69, 9.17) is 0 Å². The normalized spacial score (nSPS) is 11.4. The molecule has 3 nitrogen and oxygen atoms in total. The minimum atomic E-state index is -0.123. The van der Waals surface area contributed by atoms with E-state index in [0.29, 0.717) is 6.54 Å². The fourth-order valence-electron chi connectivity index (χ4n) is 2.34. The summed E-state index contributed by atoms with van der Waals surface area (Å²) in [6.07, 6.45) is 1.89. The first-order valence-corrected chi connectivity index (χ1v) is 7.28. The number of aromatic nitrogens is 1. The first kappa shape index (κ1) is 12.2. The highest BCUT2D eigenvalue weighted by molar-refractivity contribution is 7.26. The lowest BCUT2D eigenvalue weighted by Gasteiger charge is -2.07. The third-order valence-electron chi connectivity index (χ3n) is 3.36. The van der Waals surface area contributed by atoms with Crippen LogP contribution in [0.1, 0.15) is 19.8 Å². The fourth-order valence-corrected chi connectivity index (χ4v) is 3.47. The Bertz CT molecular complexity index is 801. The van der Waals surface area contributed by atoms with Gasteiger partial charge in [0.25, 0.3) is 5.56 Å². The maximum absolute atomic E-state index is 12.1. The average molecular weight is 273 g/mol. The Kier molecular flexibility index (Phi) is 3.03. The highest BCUT2D eigenvalue weighted by Gasteiger charge is 2.13. The predicted molar refractivity (Wildman–Crippen MR) is 80.2 cm³/mol. The van der Waals surface area contributed by atoms with E-state index in [9.17, 15) is 9.90 Å². The van der Waals surface area contributed by atoms with Gasteiger partial charge in [0, 0.05) is 28.1 Å². The Hall–Kier alpha value is -1.81. The highest BCUT2D eigenvalue weighted by atomic mass is 32.1. The zero-order valence-electron chi connectivity index (χ0n) is 10.7.